The molecule has 18 heavy (non-hydrogen) atoms. The number of ether oxygens (including phenoxy) is 1. The highest BCUT2D eigenvalue weighted by Crippen LogP contribution is 2.24. The third-order valence-electron chi connectivity index (χ3n) is 2.47. The smallest absolute Gasteiger partial charge is 0.239 e. The summed E-state index contributed by atoms with van der Waals surface area (Å²) < 4.78 is 6.90. The van der Waals surface area contributed by atoms with E-state index in [4.69, 9.17) is 4.74 Å². The second-order valence-electron chi connectivity index (χ2n) is 3.41. The number of pyridine rings is 1. The average molecular weight is 245 g/mol. The van der Waals surface area contributed by atoms with Crippen molar-refractivity contribution in [3.63, 3.8) is 0 Å². The summed E-state index contributed by atoms with van der Waals surface area (Å²) in [5.74, 6) is 1.27. The summed E-state index contributed by atoms with van der Waals surface area (Å²) in [6, 6.07) is 1.85. The predicted molar refractivity (Wildman–Crippen MR) is 68.7 cm³/mol. The van der Waals surface area contributed by atoms with Gasteiger partial charge in [0.25, 0.3) is 0 Å². The fourth-order valence-electron chi connectivity index (χ4n) is 1.70. The van der Waals surface area contributed by atoms with Crippen LogP contribution >= 0.6 is 0 Å². The van der Waals surface area contributed by atoms with Crippen LogP contribution in [0.2, 0.25) is 0 Å². The molecule has 0 aliphatic carbocycles. The van der Waals surface area contributed by atoms with Gasteiger partial charge in [-0.3, -0.25) is 4.98 Å². The molecule has 0 saturated heterocycles. The molecule has 0 unspecified atom stereocenters. The van der Waals surface area contributed by atoms with Crippen LogP contribution in [0, 0.1) is 6.92 Å². The third kappa shape index (κ3) is 1.75. The number of rotatable bonds is 1. The van der Waals surface area contributed by atoms with E-state index in [2.05, 4.69) is 20.3 Å². The van der Waals surface area contributed by atoms with Gasteiger partial charge >= 0.3 is 0 Å². The van der Waals surface area contributed by atoms with Crippen molar-refractivity contribution in [2.24, 2.45) is 0 Å². The summed E-state index contributed by atoms with van der Waals surface area (Å²) in [5, 5.41) is 14.2. The van der Waals surface area contributed by atoms with E-state index in [0.29, 0.717) is 11.5 Å². The van der Waals surface area contributed by atoms with E-state index < -0.39 is 0 Å². The highest BCUT2D eigenvalue weighted by atomic mass is 16.5. The molecule has 0 spiro atoms. The largest absolute Gasteiger partial charge is 0.480 e. The molecule has 3 rings (SSSR count). The topological polar surface area (TPSA) is 65.2 Å². The Balaban J connectivity index is 0.000000574. The van der Waals surface area contributed by atoms with E-state index >= 15 is 0 Å². The fraction of sp³-hybridized carbons (Fsp3) is 0.333. The lowest BCUT2D eigenvalue weighted by Crippen LogP contribution is -1.99. The maximum Gasteiger partial charge on any atom is 0.239 e. The van der Waals surface area contributed by atoms with Crippen molar-refractivity contribution in [2.45, 2.75) is 20.8 Å². The zero-order chi connectivity index (χ0) is 13.1. The Morgan fingerprint density at radius 3 is 2.67 bits per heavy atom. The number of methoxy groups -OCH3 is 1. The van der Waals surface area contributed by atoms with Crippen molar-refractivity contribution in [1.29, 1.82) is 0 Å². The van der Waals surface area contributed by atoms with Gasteiger partial charge in [0.15, 0.2) is 11.5 Å². The first-order chi connectivity index (χ1) is 8.81. The van der Waals surface area contributed by atoms with E-state index in [-0.39, 0.29) is 0 Å². The monoisotopic (exact) mass is 245 g/mol. The molecule has 0 atom stereocenters. The number of aryl methyl sites for hydroxylation is 1. The van der Waals surface area contributed by atoms with Gasteiger partial charge in [-0.2, -0.15) is 4.52 Å². The van der Waals surface area contributed by atoms with Gasteiger partial charge in [-0.25, -0.2) is 0 Å². The molecule has 6 nitrogen and oxygen atoms in total. The van der Waals surface area contributed by atoms with Crippen LogP contribution in [0.25, 0.3) is 16.4 Å². The fourth-order valence-corrected chi connectivity index (χ4v) is 1.70. The van der Waals surface area contributed by atoms with E-state index in [1.54, 1.807) is 24.0 Å². The highest BCUT2D eigenvalue weighted by molar-refractivity contribution is 5.95. The molecular formula is C12H15N5O. The van der Waals surface area contributed by atoms with Crippen LogP contribution < -0.4 is 4.74 Å². The molecule has 0 N–H and O–H groups in total. The van der Waals surface area contributed by atoms with Gasteiger partial charge in [0.2, 0.25) is 5.88 Å². The van der Waals surface area contributed by atoms with Gasteiger partial charge in [0.1, 0.15) is 0 Å². The van der Waals surface area contributed by atoms with Crippen molar-refractivity contribution in [3.8, 4) is 5.88 Å². The van der Waals surface area contributed by atoms with E-state index in [1.165, 1.54) is 0 Å². The normalized spacial score (nSPS) is 10.2. The quantitative estimate of drug-likeness (QED) is 0.656. The molecule has 0 bridgehead atoms. The number of aromatic nitrogens is 5. The highest BCUT2D eigenvalue weighted by Gasteiger charge is 2.11. The van der Waals surface area contributed by atoms with E-state index in [9.17, 15) is 0 Å². The molecule has 3 aromatic heterocycles. The second kappa shape index (κ2) is 4.95. The third-order valence-corrected chi connectivity index (χ3v) is 2.47. The van der Waals surface area contributed by atoms with Crippen molar-refractivity contribution in [1.82, 2.24) is 24.8 Å². The lowest BCUT2D eigenvalue weighted by atomic mass is 10.2. The number of fused-ring (bicyclic) bond motifs is 3. The summed E-state index contributed by atoms with van der Waals surface area (Å²) in [6.45, 7) is 5.84. The molecule has 0 radical (unpaired) electrons. The lowest BCUT2D eigenvalue weighted by Gasteiger charge is -2.04. The van der Waals surface area contributed by atoms with Crippen molar-refractivity contribution in [3.05, 3.63) is 24.3 Å². The second-order valence-corrected chi connectivity index (χ2v) is 3.41. The first-order valence-corrected chi connectivity index (χ1v) is 5.81. The SMILES string of the molecule is CC.COc1nn2c(C)nnc2c2cnccc12. The Bertz CT molecular complexity index is 677. The Kier molecular flexibility index (Phi) is 3.36. The van der Waals surface area contributed by atoms with Crippen LogP contribution in [0.1, 0.15) is 19.7 Å². The molecule has 94 valence electrons. The van der Waals surface area contributed by atoms with Gasteiger partial charge < -0.3 is 4.74 Å². The minimum absolute atomic E-state index is 0.549. The summed E-state index contributed by atoms with van der Waals surface area (Å²) in [7, 11) is 1.59. The Hall–Kier alpha value is -2.24. The van der Waals surface area contributed by atoms with Gasteiger partial charge in [0, 0.05) is 12.4 Å². The van der Waals surface area contributed by atoms with Gasteiger partial charge in [0.05, 0.1) is 17.9 Å². The van der Waals surface area contributed by atoms with E-state index in [1.807, 2.05) is 26.8 Å². The molecule has 3 aromatic rings. The summed E-state index contributed by atoms with van der Waals surface area (Å²) in [5.41, 5.74) is 0.696. The van der Waals surface area contributed by atoms with Gasteiger partial charge in [-0.15, -0.1) is 15.3 Å². The first kappa shape index (κ1) is 12.2. The van der Waals surface area contributed by atoms with Crippen LogP contribution in [-0.4, -0.2) is 31.9 Å². The predicted octanol–water partition coefficient (Wildman–Crippen LogP) is 2.02. The summed E-state index contributed by atoms with van der Waals surface area (Å²) in [4.78, 5) is 4.08. The van der Waals surface area contributed by atoms with Crippen LogP contribution in [0.15, 0.2) is 18.5 Å². The molecule has 0 aliphatic rings. The molecule has 0 saturated carbocycles. The Morgan fingerprint density at radius 2 is 1.94 bits per heavy atom. The molecular weight excluding hydrogens is 230 g/mol. The van der Waals surface area contributed by atoms with Crippen LogP contribution in [0.5, 0.6) is 5.88 Å². The van der Waals surface area contributed by atoms with E-state index in [0.717, 1.165) is 16.6 Å². The molecule has 0 fully saturated rings. The maximum atomic E-state index is 5.24. The number of hydrogen-bond acceptors (Lipinski definition) is 5. The average Bonchev–Trinajstić information content (AvgIpc) is 2.82. The first-order valence-electron chi connectivity index (χ1n) is 5.81. The summed E-state index contributed by atoms with van der Waals surface area (Å²) >= 11 is 0. The Morgan fingerprint density at radius 1 is 1.17 bits per heavy atom. The zero-order valence-corrected chi connectivity index (χ0v) is 10.9. The molecule has 0 aliphatic heterocycles. The molecule has 0 aromatic carbocycles. The van der Waals surface area contributed by atoms with Crippen LogP contribution in [-0.2, 0) is 0 Å². The maximum absolute atomic E-state index is 5.24. The lowest BCUT2D eigenvalue weighted by molar-refractivity contribution is 0.395. The number of nitrogens with zero attached hydrogens (tertiary/aromatic N) is 5. The van der Waals surface area contributed by atoms with Crippen LogP contribution in [0.4, 0.5) is 0 Å². The molecule has 6 heteroatoms. The Labute approximate surface area is 105 Å². The van der Waals surface area contributed by atoms with Gasteiger partial charge in [-0.05, 0) is 13.0 Å². The van der Waals surface area contributed by atoms with Crippen molar-refractivity contribution >= 4 is 16.4 Å². The number of hydrogen-bond donors (Lipinski definition) is 0. The molecule has 3 heterocycles. The van der Waals surface area contributed by atoms with Crippen LogP contribution in [0.3, 0.4) is 0 Å². The van der Waals surface area contributed by atoms with Gasteiger partial charge in [-0.1, -0.05) is 13.8 Å². The minimum atomic E-state index is 0.549. The van der Waals surface area contributed by atoms with Crippen molar-refractivity contribution in [2.75, 3.05) is 7.11 Å². The zero-order valence-electron chi connectivity index (χ0n) is 10.9. The minimum Gasteiger partial charge on any atom is -0.480 e. The van der Waals surface area contributed by atoms with Crippen molar-refractivity contribution < 1.29 is 4.74 Å². The molecule has 0 amide bonds. The standard InChI is InChI=1S/C10H9N5O.C2H6/c1-6-12-13-9-8-5-11-4-3-7(8)10(16-2)14-15(6)9;1-2/h3-5H,1-2H3;1-2H3. The summed E-state index contributed by atoms with van der Waals surface area (Å²) in [6.07, 6.45) is 3.44.